The van der Waals surface area contributed by atoms with Crippen LogP contribution in [0.5, 0.6) is 0 Å². The summed E-state index contributed by atoms with van der Waals surface area (Å²) in [5, 5.41) is 14.5. The summed E-state index contributed by atoms with van der Waals surface area (Å²) in [6, 6.07) is 0. The van der Waals surface area contributed by atoms with Gasteiger partial charge in [-0.3, -0.25) is 4.68 Å². The molecule has 0 radical (unpaired) electrons. The molecule has 6 nitrogen and oxygen atoms in total. The molecule has 15 heavy (non-hydrogen) atoms. The molecule has 7 heteroatoms. The first-order valence-corrected chi connectivity index (χ1v) is 4.68. The summed E-state index contributed by atoms with van der Waals surface area (Å²) in [5.41, 5.74) is 1.06. The third-order valence-electron chi connectivity index (χ3n) is 1.76. The first kappa shape index (κ1) is 9.85. The van der Waals surface area contributed by atoms with Crippen molar-refractivity contribution in [1.29, 1.82) is 0 Å². The van der Waals surface area contributed by atoms with Crippen LogP contribution in [0.4, 0.5) is 5.82 Å². The van der Waals surface area contributed by atoms with Gasteiger partial charge in [-0.2, -0.15) is 15.2 Å². The molecular formula is C8H9ClN6. The van der Waals surface area contributed by atoms with Crippen molar-refractivity contribution in [3.63, 3.8) is 0 Å². The predicted octanol–water partition coefficient (Wildman–Crippen LogP) is 0.871. The van der Waals surface area contributed by atoms with Crippen LogP contribution in [0, 0.1) is 0 Å². The van der Waals surface area contributed by atoms with Crippen LogP contribution in [0.15, 0.2) is 18.6 Å². The van der Waals surface area contributed by atoms with Gasteiger partial charge in [0.25, 0.3) is 0 Å². The fourth-order valence-electron chi connectivity index (χ4n) is 1.12. The smallest absolute Gasteiger partial charge is 0.244 e. The lowest BCUT2D eigenvalue weighted by molar-refractivity contribution is 0.767. The molecule has 0 unspecified atom stereocenters. The highest BCUT2D eigenvalue weighted by molar-refractivity contribution is 6.28. The van der Waals surface area contributed by atoms with Gasteiger partial charge in [0.2, 0.25) is 5.28 Å². The number of nitrogens with zero attached hydrogens (tertiary/aromatic N) is 5. The Morgan fingerprint density at radius 1 is 1.47 bits per heavy atom. The Morgan fingerprint density at radius 2 is 2.33 bits per heavy atom. The van der Waals surface area contributed by atoms with Gasteiger partial charge in [0, 0.05) is 25.4 Å². The van der Waals surface area contributed by atoms with Crippen LogP contribution in [0.1, 0.15) is 5.56 Å². The Morgan fingerprint density at radius 3 is 3.00 bits per heavy atom. The molecule has 0 saturated carbocycles. The second kappa shape index (κ2) is 4.22. The van der Waals surface area contributed by atoms with Crippen LogP contribution in [-0.4, -0.2) is 25.0 Å². The molecule has 1 N–H and O–H groups in total. The van der Waals surface area contributed by atoms with Crippen molar-refractivity contribution in [2.75, 3.05) is 5.32 Å². The molecule has 2 aromatic rings. The number of hydrogen-bond donors (Lipinski definition) is 1. The zero-order valence-electron chi connectivity index (χ0n) is 8.05. The highest BCUT2D eigenvalue weighted by Gasteiger charge is 1.99. The van der Waals surface area contributed by atoms with Gasteiger partial charge in [0.05, 0.1) is 12.4 Å². The van der Waals surface area contributed by atoms with Crippen molar-refractivity contribution >= 4 is 17.4 Å². The van der Waals surface area contributed by atoms with E-state index in [1.807, 2.05) is 13.2 Å². The fourth-order valence-corrected chi connectivity index (χ4v) is 1.26. The first-order valence-electron chi connectivity index (χ1n) is 4.30. The largest absolute Gasteiger partial charge is 0.364 e. The molecule has 0 aromatic carbocycles. The molecule has 0 fully saturated rings. The van der Waals surface area contributed by atoms with Crippen LogP contribution in [0.25, 0.3) is 0 Å². The van der Waals surface area contributed by atoms with Crippen molar-refractivity contribution in [1.82, 2.24) is 25.0 Å². The summed E-state index contributed by atoms with van der Waals surface area (Å²) in [4.78, 5) is 3.95. The van der Waals surface area contributed by atoms with Crippen LogP contribution >= 0.6 is 11.6 Å². The third kappa shape index (κ3) is 2.63. The highest BCUT2D eigenvalue weighted by Crippen LogP contribution is 2.06. The van der Waals surface area contributed by atoms with Crippen molar-refractivity contribution in [3.8, 4) is 0 Å². The molecular weight excluding hydrogens is 216 g/mol. The molecule has 2 rings (SSSR count). The summed E-state index contributed by atoms with van der Waals surface area (Å²) >= 11 is 5.59. The zero-order chi connectivity index (χ0) is 10.7. The summed E-state index contributed by atoms with van der Waals surface area (Å²) in [5.74, 6) is 0.596. The molecule has 2 aromatic heterocycles. The van der Waals surface area contributed by atoms with Gasteiger partial charge in [0.15, 0.2) is 0 Å². The summed E-state index contributed by atoms with van der Waals surface area (Å²) in [7, 11) is 1.87. The summed E-state index contributed by atoms with van der Waals surface area (Å²) in [6.45, 7) is 0.628. The van der Waals surface area contributed by atoms with Gasteiger partial charge in [-0.25, -0.2) is 0 Å². The van der Waals surface area contributed by atoms with Crippen molar-refractivity contribution in [2.24, 2.45) is 7.05 Å². The maximum atomic E-state index is 5.59. The van der Waals surface area contributed by atoms with Crippen LogP contribution in [0.2, 0.25) is 5.28 Å². The minimum absolute atomic E-state index is 0.131. The van der Waals surface area contributed by atoms with Gasteiger partial charge in [-0.15, -0.1) is 5.10 Å². The molecule has 0 aliphatic rings. The molecule has 0 atom stereocenters. The lowest BCUT2D eigenvalue weighted by Crippen LogP contribution is -2.02. The normalized spacial score (nSPS) is 10.3. The van der Waals surface area contributed by atoms with E-state index in [1.54, 1.807) is 10.9 Å². The standard InChI is InChI=1S/C8H9ClN6/c1-15-5-6(3-12-15)2-10-7-4-11-14-8(9)13-7/h3-5H,2H2,1H3,(H,10,13,14). The average Bonchev–Trinajstić information content (AvgIpc) is 2.62. The minimum atomic E-state index is 0.131. The maximum absolute atomic E-state index is 5.59. The number of aromatic nitrogens is 5. The van der Waals surface area contributed by atoms with E-state index in [0.717, 1.165) is 5.56 Å². The molecule has 0 bridgehead atoms. The average molecular weight is 225 g/mol. The van der Waals surface area contributed by atoms with Gasteiger partial charge in [0.1, 0.15) is 5.82 Å². The van der Waals surface area contributed by atoms with Gasteiger partial charge < -0.3 is 5.32 Å². The Bertz CT molecular complexity index is 454. The molecule has 0 aliphatic heterocycles. The number of nitrogens with one attached hydrogen (secondary N) is 1. The highest BCUT2D eigenvalue weighted by atomic mass is 35.5. The molecule has 78 valence electrons. The second-order valence-corrected chi connectivity index (χ2v) is 3.32. The number of hydrogen-bond acceptors (Lipinski definition) is 5. The maximum Gasteiger partial charge on any atom is 0.244 e. The quantitative estimate of drug-likeness (QED) is 0.838. The Labute approximate surface area is 91.3 Å². The SMILES string of the molecule is Cn1cc(CNc2cnnc(Cl)n2)cn1. The molecule has 0 spiro atoms. The van der Waals surface area contributed by atoms with E-state index in [9.17, 15) is 0 Å². The molecule has 2 heterocycles. The molecule has 0 aliphatic carbocycles. The van der Waals surface area contributed by atoms with Crippen molar-refractivity contribution in [2.45, 2.75) is 6.54 Å². The van der Waals surface area contributed by atoms with Crippen molar-refractivity contribution < 1.29 is 0 Å². The Balaban J connectivity index is 1.99. The van der Waals surface area contributed by atoms with E-state index < -0.39 is 0 Å². The van der Waals surface area contributed by atoms with Gasteiger partial charge >= 0.3 is 0 Å². The van der Waals surface area contributed by atoms with E-state index in [0.29, 0.717) is 12.4 Å². The van der Waals surface area contributed by atoms with Crippen LogP contribution in [-0.2, 0) is 13.6 Å². The Kier molecular flexibility index (Phi) is 2.77. The fraction of sp³-hybridized carbons (Fsp3) is 0.250. The van der Waals surface area contributed by atoms with E-state index in [4.69, 9.17) is 11.6 Å². The monoisotopic (exact) mass is 224 g/mol. The van der Waals surface area contributed by atoms with Crippen LogP contribution in [0.3, 0.4) is 0 Å². The number of anilines is 1. The zero-order valence-corrected chi connectivity index (χ0v) is 8.81. The van der Waals surface area contributed by atoms with Crippen LogP contribution < -0.4 is 5.32 Å². The number of aryl methyl sites for hydroxylation is 1. The van der Waals surface area contributed by atoms with E-state index in [-0.39, 0.29) is 5.28 Å². The lowest BCUT2D eigenvalue weighted by atomic mass is 10.3. The predicted molar refractivity (Wildman–Crippen MR) is 55.4 cm³/mol. The number of halogens is 1. The Hall–Kier alpha value is -1.69. The third-order valence-corrected chi connectivity index (χ3v) is 1.93. The topological polar surface area (TPSA) is 68.5 Å². The minimum Gasteiger partial charge on any atom is -0.364 e. The molecule has 0 amide bonds. The lowest BCUT2D eigenvalue weighted by Gasteiger charge is -2.01. The molecule has 0 saturated heterocycles. The van der Waals surface area contributed by atoms with E-state index >= 15 is 0 Å². The van der Waals surface area contributed by atoms with E-state index in [2.05, 4.69) is 25.6 Å². The van der Waals surface area contributed by atoms with Gasteiger partial charge in [-0.05, 0) is 11.6 Å². The van der Waals surface area contributed by atoms with Gasteiger partial charge in [-0.1, -0.05) is 0 Å². The van der Waals surface area contributed by atoms with Crippen molar-refractivity contribution in [3.05, 3.63) is 29.4 Å². The van der Waals surface area contributed by atoms with E-state index in [1.165, 1.54) is 6.20 Å². The summed E-state index contributed by atoms with van der Waals surface area (Å²) < 4.78 is 1.74. The summed E-state index contributed by atoms with van der Waals surface area (Å²) in [6.07, 6.45) is 5.22. The second-order valence-electron chi connectivity index (χ2n) is 2.99. The number of rotatable bonds is 3. The first-order chi connectivity index (χ1) is 7.24.